The van der Waals surface area contributed by atoms with Gasteiger partial charge in [-0.3, -0.25) is 10.1 Å². The van der Waals surface area contributed by atoms with E-state index < -0.39 is 12.0 Å². The third-order valence-corrected chi connectivity index (χ3v) is 2.95. The molecule has 0 radical (unpaired) electrons. The van der Waals surface area contributed by atoms with Crippen LogP contribution in [0.15, 0.2) is 18.2 Å². The predicted molar refractivity (Wildman–Crippen MR) is 78.6 cm³/mol. The van der Waals surface area contributed by atoms with Crippen LogP contribution in [0, 0.1) is 0 Å². The van der Waals surface area contributed by atoms with Crippen LogP contribution in [-0.4, -0.2) is 39.3 Å². The molecule has 2 amide bonds. The highest BCUT2D eigenvalue weighted by Gasteiger charge is 2.16. The van der Waals surface area contributed by atoms with Gasteiger partial charge in [-0.15, -0.1) is 0 Å². The average molecular weight is 316 g/mol. The molecule has 1 atom stereocenters. The summed E-state index contributed by atoms with van der Waals surface area (Å²) in [6.45, 7) is 2.57. The number of rotatable bonds is 6. The number of benzene rings is 1. The minimum atomic E-state index is -0.726. The van der Waals surface area contributed by atoms with Crippen molar-refractivity contribution in [2.45, 2.75) is 13.5 Å². The summed E-state index contributed by atoms with van der Waals surface area (Å²) in [5.41, 5.74) is 0.895. The van der Waals surface area contributed by atoms with Crippen molar-refractivity contribution in [2.24, 2.45) is 0 Å². The minimum Gasteiger partial charge on any atom is -0.496 e. The molecule has 1 aromatic rings. The molecule has 0 fully saturated rings. The molecule has 2 N–H and O–H groups in total. The second-order valence-electron chi connectivity index (χ2n) is 4.54. The molecule has 0 saturated carbocycles. The molecule has 0 spiro atoms. The van der Waals surface area contributed by atoms with E-state index in [1.807, 2.05) is 7.05 Å². The molecule has 6 nitrogen and oxygen atoms in total. The first-order valence-corrected chi connectivity index (χ1v) is 6.94. The molecule has 0 aliphatic heterocycles. The number of carbonyl (C=O) groups is 2. The Morgan fingerprint density at radius 2 is 2.10 bits per heavy atom. The zero-order valence-electron chi connectivity index (χ0n) is 12.4. The smallest absolute Gasteiger partial charge is 0.414 e. The first kappa shape index (κ1) is 17.3. The van der Waals surface area contributed by atoms with Crippen LogP contribution < -0.4 is 15.0 Å². The summed E-state index contributed by atoms with van der Waals surface area (Å²) >= 11 is 5.96. The van der Waals surface area contributed by atoms with Gasteiger partial charge in [0.1, 0.15) is 12.3 Å². The second-order valence-corrected chi connectivity index (χ2v) is 4.97. The third-order valence-electron chi connectivity index (χ3n) is 2.71. The number of likely N-dealkylation sites (N-methyl/N-ethyl adjacent to an activating group) is 1. The van der Waals surface area contributed by atoms with E-state index in [0.29, 0.717) is 17.3 Å². The normalized spacial score (nSPS) is 11.6. The van der Waals surface area contributed by atoms with Crippen molar-refractivity contribution in [3.05, 3.63) is 28.8 Å². The maximum absolute atomic E-state index is 11.7. The summed E-state index contributed by atoms with van der Waals surface area (Å²) in [5.74, 6) is 0.316. The van der Waals surface area contributed by atoms with Crippen molar-refractivity contribution in [3.63, 3.8) is 0 Å². The molecule has 0 saturated heterocycles. The van der Waals surface area contributed by atoms with Gasteiger partial charge in [-0.05, 0) is 25.1 Å². The summed E-state index contributed by atoms with van der Waals surface area (Å²) in [5, 5.41) is 2.77. The lowest BCUT2D eigenvalue weighted by Gasteiger charge is -2.15. The zero-order chi connectivity index (χ0) is 15.8. The topological polar surface area (TPSA) is 69.1 Å². The number of hydrogen-bond donors (Lipinski definition) is 2. The number of halogens is 1. The van der Waals surface area contributed by atoms with Gasteiger partial charge in [0.15, 0.2) is 6.54 Å². The highest BCUT2D eigenvalue weighted by Crippen LogP contribution is 2.21. The molecule has 21 heavy (non-hydrogen) atoms. The number of nitrogens with one attached hydrogen (secondary N) is 2. The number of imide groups is 1. The van der Waals surface area contributed by atoms with Gasteiger partial charge in [0.2, 0.25) is 0 Å². The van der Waals surface area contributed by atoms with Gasteiger partial charge in [0.05, 0.1) is 20.8 Å². The maximum atomic E-state index is 11.7. The number of alkyl carbamates (subject to hydrolysis) is 1. The van der Waals surface area contributed by atoms with Crippen molar-refractivity contribution in [1.82, 2.24) is 5.32 Å². The van der Waals surface area contributed by atoms with Crippen LogP contribution in [0.2, 0.25) is 5.02 Å². The quantitative estimate of drug-likeness (QED) is 0.808. The van der Waals surface area contributed by atoms with Crippen molar-refractivity contribution in [3.8, 4) is 5.75 Å². The lowest BCUT2D eigenvalue weighted by molar-refractivity contribution is -0.885. The Kier molecular flexibility index (Phi) is 6.98. The third kappa shape index (κ3) is 6.01. The van der Waals surface area contributed by atoms with E-state index in [1.165, 1.54) is 0 Å². The van der Waals surface area contributed by atoms with E-state index >= 15 is 0 Å². The van der Waals surface area contributed by atoms with E-state index in [2.05, 4.69) is 10.1 Å². The molecular formula is C14H20ClN2O4+. The van der Waals surface area contributed by atoms with Crippen molar-refractivity contribution < 1.29 is 24.0 Å². The molecule has 116 valence electrons. The van der Waals surface area contributed by atoms with Crippen LogP contribution >= 0.6 is 11.6 Å². The first-order valence-electron chi connectivity index (χ1n) is 6.56. The van der Waals surface area contributed by atoms with E-state index in [4.69, 9.17) is 16.3 Å². The van der Waals surface area contributed by atoms with E-state index in [0.717, 1.165) is 10.5 Å². The largest absolute Gasteiger partial charge is 0.496 e. The van der Waals surface area contributed by atoms with Gasteiger partial charge in [-0.2, -0.15) is 0 Å². The van der Waals surface area contributed by atoms with Crippen LogP contribution in [0.1, 0.15) is 12.5 Å². The molecule has 0 aromatic heterocycles. The lowest BCUT2D eigenvalue weighted by atomic mass is 10.2. The van der Waals surface area contributed by atoms with Crippen LogP contribution in [0.25, 0.3) is 0 Å². The maximum Gasteiger partial charge on any atom is 0.414 e. The molecule has 1 aromatic carbocycles. The standard InChI is InChI=1S/C14H19ClN2O4/c1-4-21-14(19)16-13(18)9-17(2)8-10-7-11(15)5-6-12(10)20-3/h5-7H,4,8-9H2,1-3H3,(H,16,18,19)/p+1. The Morgan fingerprint density at radius 1 is 1.38 bits per heavy atom. The fraction of sp³-hybridized carbons (Fsp3) is 0.429. The fourth-order valence-corrected chi connectivity index (χ4v) is 2.07. The van der Waals surface area contributed by atoms with Gasteiger partial charge < -0.3 is 14.4 Å². The molecule has 1 unspecified atom stereocenters. The number of ether oxygens (including phenoxy) is 2. The predicted octanol–water partition coefficient (Wildman–Crippen LogP) is 0.636. The van der Waals surface area contributed by atoms with Crippen LogP contribution in [0.5, 0.6) is 5.75 Å². The van der Waals surface area contributed by atoms with Crippen LogP contribution in [-0.2, 0) is 16.1 Å². The van der Waals surface area contributed by atoms with Gasteiger partial charge in [-0.25, -0.2) is 4.79 Å². The summed E-state index contributed by atoms with van der Waals surface area (Å²) < 4.78 is 9.90. The molecule has 0 aliphatic carbocycles. The van der Waals surface area contributed by atoms with E-state index in [-0.39, 0.29) is 13.2 Å². The Bertz CT molecular complexity index is 508. The van der Waals surface area contributed by atoms with Gasteiger partial charge in [0.25, 0.3) is 5.91 Å². The number of carbonyl (C=O) groups excluding carboxylic acids is 2. The monoisotopic (exact) mass is 315 g/mol. The first-order chi connectivity index (χ1) is 9.96. The Morgan fingerprint density at radius 3 is 2.71 bits per heavy atom. The summed E-state index contributed by atoms with van der Waals surface area (Å²) in [4.78, 5) is 23.7. The number of amides is 2. The molecule has 0 aliphatic rings. The molecule has 1 rings (SSSR count). The van der Waals surface area contributed by atoms with Gasteiger partial charge in [0, 0.05) is 10.6 Å². The minimum absolute atomic E-state index is 0.133. The van der Waals surface area contributed by atoms with Crippen LogP contribution in [0.4, 0.5) is 4.79 Å². The Balaban J connectivity index is 2.57. The average Bonchev–Trinajstić information content (AvgIpc) is 2.38. The highest BCUT2D eigenvalue weighted by atomic mass is 35.5. The van der Waals surface area contributed by atoms with Gasteiger partial charge in [-0.1, -0.05) is 11.6 Å². The molecule has 7 heteroatoms. The molecule has 0 bridgehead atoms. The van der Waals surface area contributed by atoms with E-state index in [1.54, 1.807) is 32.2 Å². The summed E-state index contributed by atoms with van der Waals surface area (Å²) in [6.07, 6.45) is -0.726. The summed E-state index contributed by atoms with van der Waals surface area (Å²) in [7, 11) is 3.42. The lowest BCUT2D eigenvalue weighted by Crippen LogP contribution is -3.09. The number of methoxy groups -OCH3 is 1. The molecule has 0 heterocycles. The van der Waals surface area contributed by atoms with Crippen molar-refractivity contribution in [1.29, 1.82) is 0 Å². The number of hydrogen-bond acceptors (Lipinski definition) is 4. The fourth-order valence-electron chi connectivity index (χ4n) is 1.87. The SMILES string of the molecule is CCOC(=O)NC(=O)C[NH+](C)Cc1cc(Cl)ccc1OC. The van der Waals surface area contributed by atoms with E-state index in [9.17, 15) is 9.59 Å². The van der Waals surface area contributed by atoms with Gasteiger partial charge >= 0.3 is 6.09 Å². The molecular weight excluding hydrogens is 296 g/mol. The Hall–Kier alpha value is -1.79. The Labute approximate surface area is 129 Å². The highest BCUT2D eigenvalue weighted by molar-refractivity contribution is 6.30. The van der Waals surface area contributed by atoms with Crippen LogP contribution in [0.3, 0.4) is 0 Å². The summed E-state index contributed by atoms with van der Waals surface area (Å²) in [6, 6.07) is 5.32. The van der Waals surface area contributed by atoms with Crippen molar-refractivity contribution in [2.75, 3.05) is 27.3 Å². The zero-order valence-corrected chi connectivity index (χ0v) is 13.1. The second kappa shape index (κ2) is 8.49. The number of quaternary nitrogens is 1. The van der Waals surface area contributed by atoms with Crippen molar-refractivity contribution >= 4 is 23.6 Å².